The van der Waals surface area contributed by atoms with Crippen LogP contribution in [-0.4, -0.2) is 87.0 Å². The lowest BCUT2D eigenvalue weighted by atomic mass is 9.80. The number of hydrogen-bond acceptors (Lipinski definition) is 9. The van der Waals surface area contributed by atoms with Crippen LogP contribution in [-0.2, 0) is 9.59 Å². The summed E-state index contributed by atoms with van der Waals surface area (Å²) in [5, 5.41) is 14.5. The minimum absolute atomic E-state index is 0.0982. The predicted molar refractivity (Wildman–Crippen MR) is 175 cm³/mol. The molecule has 8 rings (SSSR count). The van der Waals surface area contributed by atoms with Gasteiger partial charge in [0.15, 0.2) is 0 Å². The van der Waals surface area contributed by atoms with Crippen molar-refractivity contribution in [1.82, 2.24) is 29.9 Å². The number of nitrogens with one attached hydrogen (secondary N) is 3. The number of fused-ring (bicyclic) bond motifs is 1. The second-order valence-electron chi connectivity index (χ2n) is 13.9. The number of carbonyl (C=O) groups is 4. The van der Waals surface area contributed by atoms with Crippen molar-refractivity contribution < 1.29 is 19.2 Å². The van der Waals surface area contributed by atoms with E-state index in [1.807, 2.05) is 6.20 Å². The first kappa shape index (κ1) is 29.8. The maximum atomic E-state index is 13.2. The van der Waals surface area contributed by atoms with E-state index in [1.165, 1.54) is 18.5 Å². The normalized spacial score (nSPS) is 25.0. The number of likely N-dealkylation sites (tertiary alicyclic amines) is 1. The van der Waals surface area contributed by atoms with E-state index in [-0.39, 0.29) is 29.9 Å². The highest BCUT2D eigenvalue weighted by Crippen LogP contribution is 2.46. The van der Waals surface area contributed by atoms with E-state index < -0.39 is 23.8 Å². The van der Waals surface area contributed by atoms with Crippen molar-refractivity contribution in [3.05, 3.63) is 59.5 Å². The lowest BCUT2D eigenvalue weighted by Gasteiger charge is -2.35. The summed E-state index contributed by atoms with van der Waals surface area (Å²) in [6, 6.07) is 9.24. The molecule has 12 nitrogen and oxygen atoms in total. The molecule has 1 aromatic carbocycles. The van der Waals surface area contributed by atoms with Gasteiger partial charge in [0.25, 0.3) is 11.8 Å². The highest BCUT2D eigenvalue weighted by atomic mass is 16.2. The maximum absolute atomic E-state index is 13.2. The predicted octanol–water partition coefficient (Wildman–Crippen LogP) is 3.79. The summed E-state index contributed by atoms with van der Waals surface area (Å²) in [6.07, 6.45) is 11.0. The highest BCUT2D eigenvalue weighted by Gasteiger charge is 2.44. The monoisotopic (exact) mass is 636 g/mol. The zero-order chi connectivity index (χ0) is 32.2. The Bertz CT molecular complexity index is 1750. The van der Waals surface area contributed by atoms with Crippen molar-refractivity contribution in [3.8, 4) is 11.3 Å². The fraction of sp³-hybridized carbons (Fsp3) is 0.486. The van der Waals surface area contributed by atoms with Crippen LogP contribution in [0.15, 0.2) is 42.7 Å². The van der Waals surface area contributed by atoms with E-state index in [2.05, 4.69) is 50.9 Å². The summed E-state index contributed by atoms with van der Waals surface area (Å²) in [7, 11) is 2.18. The first-order valence-electron chi connectivity index (χ1n) is 16.9. The molecule has 3 aliphatic heterocycles. The molecule has 2 aromatic heterocycles. The molecule has 2 saturated heterocycles. The Morgan fingerprint density at radius 1 is 0.894 bits per heavy atom. The molecule has 3 N–H and O–H groups in total. The number of aromatic nitrogens is 3. The number of pyridine rings is 1. The summed E-state index contributed by atoms with van der Waals surface area (Å²) >= 11 is 0. The first-order chi connectivity index (χ1) is 22.8. The molecule has 244 valence electrons. The molecule has 3 aromatic rings. The van der Waals surface area contributed by atoms with Gasteiger partial charge < -0.3 is 15.5 Å². The van der Waals surface area contributed by atoms with Gasteiger partial charge in [0.05, 0.1) is 28.6 Å². The van der Waals surface area contributed by atoms with Crippen LogP contribution in [0, 0.1) is 5.92 Å². The minimum atomic E-state index is -0.966. The Kier molecular flexibility index (Phi) is 7.54. The highest BCUT2D eigenvalue weighted by molar-refractivity contribution is 6.23. The molecule has 1 atom stereocenters. The van der Waals surface area contributed by atoms with Crippen LogP contribution >= 0.6 is 0 Å². The molecule has 4 amide bonds. The number of benzene rings is 1. The molecule has 12 heteroatoms. The number of anilines is 2. The topological polar surface area (TPSA) is 142 Å². The number of rotatable bonds is 9. The lowest BCUT2D eigenvalue weighted by molar-refractivity contribution is -0.136. The fourth-order valence-corrected chi connectivity index (χ4v) is 7.43. The third-order valence-electron chi connectivity index (χ3n) is 10.5. The molecule has 0 radical (unpaired) electrons. The lowest BCUT2D eigenvalue weighted by Crippen LogP contribution is -2.54. The van der Waals surface area contributed by atoms with E-state index in [9.17, 15) is 19.2 Å². The van der Waals surface area contributed by atoms with Crippen LogP contribution in [0.3, 0.4) is 0 Å². The van der Waals surface area contributed by atoms with Gasteiger partial charge in [0.2, 0.25) is 11.8 Å². The van der Waals surface area contributed by atoms with Crippen molar-refractivity contribution >= 4 is 35.0 Å². The molecule has 1 unspecified atom stereocenters. The summed E-state index contributed by atoms with van der Waals surface area (Å²) in [5.74, 6) is -1.02. The van der Waals surface area contributed by atoms with Crippen molar-refractivity contribution in [2.45, 2.75) is 75.4 Å². The van der Waals surface area contributed by atoms with Crippen LogP contribution < -0.4 is 16.0 Å². The standard InChI is InChI=1S/C35H40N8O4/c1-41-12-9-22(10-13-41)38-24-8-11-36-29(17-24)28-19-42(40-32(28)21-2-3-21)25-14-20(15-25)18-37-23-4-5-26-27(16-23)35(47)43(34(26)46)30-6-7-31(44)39-33(30)45/h4-5,8,11,16-17,19-22,25,30,37H,2-3,6-7,9-10,12-15,18H2,1H3,(H,36,38)(H,39,44,45)/t20-,25-,30?. The molecular formula is C35H40N8O4. The second-order valence-corrected chi connectivity index (χ2v) is 13.9. The smallest absolute Gasteiger partial charge is 0.262 e. The van der Waals surface area contributed by atoms with E-state index in [0.717, 1.165) is 72.8 Å². The average Bonchev–Trinajstić information content (AvgIpc) is 3.75. The third-order valence-corrected chi connectivity index (χ3v) is 10.5. The largest absolute Gasteiger partial charge is 0.385 e. The Morgan fingerprint density at radius 2 is 1.68 bits per heavy atom. The van der Waals surface area contributed by atoms with Crippen LogP contribution in [0.5, 0.6) is 0 Å². The number of amides is 4. The molecule has 2 saturated carbocycles. The Hall–Kier alpha value is -4.58. The zero-order valence-corrected chi connectivity index (χ0v) is 26.6. The summed E-state index contributed by atoms with van der Waals surface area (Å²) in [6.45, 7) is 2.97. The van der Waals surface area contributed by atoms with Crippen molar-refractivity contribution in [2.75, 3.05) is 37.3 Å². The van der Waals surface area contributed by atoms with Crippen LogP contribution in [0.4, 0.5) is 11.4 Å². The Labute approximate surface area is 273 Å². The second kappa shape index (κ2) is 11.9. The molecular weight excluding hydrogens is 596 g/mol. The van der Waals surface area contributed by atoms with E-state index in [1.54, 1.807) is 18.2 Å². The molecule has 4 fully saturated rings. The van der Waals surface area contributed by atoms with Gasteiger partial charge in [-0.3, -0.25) is 39.1 Å². The average molecular weight is 637 g/mol. The van der Waals surface area contributed by atoms with Gasteiger partial charge in [-0.15, -0.1) is 0 Å². The van der Waals surface area contributed by atoms with Crippen LogP contribution in [0.2, 0.25) is 0 Å². The summed E-state index contributed by atoms with van der Waals surface area (Å²) in [4.78, 5) is 58.3. The first-order valence-corrected chi connectivity index (χ1v) is 16.9. The molecule has 5 aliphatic rings. The number of carbonyl (C=O) groups excluding carboxylic acids is 4. The fourth-order valence-electron chi connectivity index (χ4n) is 7.43. The number of nitrogens with zero attached hydrogens (tertiary/aromatic N) is 5. The molecule has 0 spiro atoms. The summed E-state index contributed by atoms with van der Waals surface area (Å²) < 4.78 is 2.15. The van der Waals surface area contributed by atoms with Gasteiger partial charge in [-0.25, -0.2) is 0 Å². The molecule has 0 bridgehead atoms. The van der Waals surface area contributed by atoms with Gasteiger partial charge in [-0.2, -0.15) is 5.10 Å². The summed E-state index contributed by atoms with van der Waals surface area (Å²) in [5.41, 5.74) is 5.74. The molecule has 2 aliphatic carbocycles. The van der Waals surface area contributed by atoms with Gasteiger partial charge in [-0.05, 0) is 101 Å². The Balaban J connectivity index is 0.893. The number of piperidine rings is 2. The van der Waals surface area contributed by atoms with E-state index >= 15 is 0 Å². The van der Waals surface area contributed by atoms with Gasteiger partial charge in [0.1, 0.15) is 6.04 Å². The van der Waals surface area contributed by atoms with Gasteiger partial charge >= 0.3 is 0 Å². The number of hydrogen-bond donors (Lipinski definition) is 3. The maximum Gasteiger partial charge on any atom is 0.262 e. The SMILES string of the molecule is CN1CCC(Nc2ccnc(-c3cn([C@H]4C[C@H](CNc5ccc6c(c5)C(=O)N(C5CCC(=O)NC5=O)C6=O)C4)nc3C3CC3)c2)CC1. The van der Waals surface area contributed by atoms with Crippen molar-refractivity contribution in [3.63, 3.8) is 0 Å². The molecule has 47 heavy (non-hydrogen) atoms. The Morgan fingerprint density at radius 3 is 2.45 bits per heavy atom. The third kappa shape index (κ3) is 5.79. The quantitative estimate of drug-likeness (QED) is 0.299. The minimum Gasteiger partial charge on any atom is -0.385 e. The van der Waals surface area contributed by atoms with Crippen LogP contribution in [0.25, 0.3) is 11.3 Å². The van der Waals surface area contributed by atoms with Crippen LogP contribution in [0.1, 0.15) is 89.7 Å². The van der Waals surface area contributed by atoms with E-state index in [0.29, 0.717) is 23.9 Å². The van der Waals surface area contributed by atoms with E-state index in [4.69, 9.17) is 10.1 Å². The number of imide groups is 2. The molecule has 5 heterocycles. The van der Waals surface area contributed by atoms with Gasteiger partial charge in [-0.1, -0.05) is 0 Å². The van der Waals surface area contributed by atoms with Crippen molar-refractivity contribution in [2.24, 2.45) is 5.92 Å². The zero-order valence-electron chi connectivity index (χ0n) is 26.6. The van der Waals surface area contributed by atoms with Gasteiger partial charge in [0, 0.05) is 54.3 Å². The van der Waals surface area contributed by atoms with Crippen molar-refractivity contribution in [1.29, 1.82) is 0 Å².